The van der Waals surface area contributed by atoms with Crippen LogP contribution in [-0.4, -0.2) is 33.8 Å². The number of hydrogen-bond donors (Lipinski definition) is 2. The van der Waals surface area contributed by atoms with E-state index in [1.54, 1.807) is 26.1 Å². The minimum absolute atomic E-state index is 0.322. The van der Waals surface area contributed by atoms with Crippen LogP contribution in [0.15, 0.2) is 18.3 Å². The molecule has 0 unspecified atom stereocenters. The third-order valence-corrected chi connectivity index (χ3v) is 2.53. The molecule has 0 bridgehead atoms. The van der Waals surface area contributed by atoms with Crippen molar-refractivity contribution >= 4 is 23.0 Å². The molecular formula is C12H19N3OS. The van der Waals surface area contributed by atoms with Gasteiger partial charge in [0.2, 0.25) is 0 Å². The molecule has 3 N–H and O–H groups in total. The summed E-state index contributed by atoms with van der Waals surface area (Å²) >= 11 is 5.01. The number of thiocarbonyl (C=S) groups is 1. The maximum absolute atomic E-state index is 9.88. The molecule has 1 heterocycles. The highest BCUT2D eigenvalue weighted by Crippen LogP contribution is 2.19. The van der Waals surface area contributed by atoms with Crippen molar-refractivity contribution in [1.29, 1.82) is 0 Å². The molecule has 1 rings (SSSR count). The number of hydrogen-bond acceptors (Lipinski definition) is 4. The number of likely N-dealkylation sites (N-methyl/N-ethyl adjacent to an activating group) is 1. The molecule has 0 saturated heterocycles. The van der Waals surface area contributed by atoms with Crippen LogP contribution in [0.25, 0.3) is 0 Å². The van der Waals surface area contributed by atoms with Gasteiger partial charge >= 0.3 is 0 Å². The van der Waals surface area contributed by atoms with Gasteiger partial charge in [0, 0.05) is 19.3 Å². The fourth-order valence-corrected chi connectivity index (χ4v) is 1.80. The predicted molar refractivity (Wildman–Crippen MR) is 74.3 cm³/mol. The summed E-state index contributed by atoms with van der Waals surface area (Å²) in [5, 5.41) is 9.88. The minimum atomic E-state index is -0.791. The van der Waals surface area contributed by atoms with E-state index in [0.29, 0.717) is 11.5 Å². The Balaban J connectivity index is 3.07. The lowest BCUT2D eigenvalue weighted by atomic mass is 10.1. The zero-order chi connectivity index (χ0) is 13.1. The van der Waals surface area contributed by atoms with Crippen LogP contribution in [0.4, 0.5) is 5.82 Å². The molecule has 0 aliphatic rings. The van der Waals surface area contributed by atoms with E-state index in [-0.39, 0.29) is 0 Å². The molecule has 0 fully saturated rings. The van der Waals surface area contributed by atoms with E-state index in [9.17, 15) is 5.11 Å². The van der Waals surface area contributed by atoms with E-state index < -0.39 is 5.60 Å². The van der Waals surface area contributed by atoms with Gasteiger partial charge in [0.05, 0.1) is 11.2 Å². The number of anilines is 1. The summed E-state index contributed by atoms with van der Waals surface area (Å²) in [7, 11) is 0. The Morgan fingerprint density at radius 1 is 1.59 bits per heavy atom. The zero-order valence-corrected chi connectivity index (χ0v) is 11.3. The summed E-state index contributed by atoms with van der Waals surface area (Å²) in [5.74, 6) is 0.727. The molecule has 0 spiro atoms. The Bertz CT molecular complexity index is 401. The fourth-order valence-electron chi connectivity index (χ4n) is 1.64. The third kappa shape index (κ3) is 3.94. The van der Waals surface area contributed by atoms with E-state index in [1.165, 1.54) is 0 Å². The van der Waals surface area contributed by atoms with Gasteiger partial charge in [-0.15, -0.1) is 0 Å². The summed E-state index contributed by atoms with van der Waals surface area (Å²) in [5.41, 5.74) is 5.63. The lowest BCUT2D eigenvalue weighted by Gasteiger charge is -2.30. The maximum Gasteiger partial charge on any atom is 0.138 e. The molecule has 5 heteroatoms. The first-order chi connectivity index (χ1) is 7.85. The fraction of sp³-hybridized carbons (Fsp3) is 0.500. The Morgan fingerprint density at radius 2 is 2.24 bits per heavy atom. The van der Waals surface area contributed by atoms with Gasteiger partial charge in [0.1, 0.15) is 10.8 Å². The minimum Gasteiger partial charge on any atom is -0.389 e. The first-order valence-corrected chi connectivity index (χ1v) is 5.98. The molecule has 4 nitrogen and oxygen atoms in total. The van der Waals surface area contributed by atoms with Gasteiger partial charge in [-0.2, -0.15) is 0 Å². The quantitative estimate of drug-likeness (QED) is 0.775. The molecule has 17 heavy (non-hydrogen) atoms. The highest BCUT2D eigenvalue weighted by Gasteiger charge is 2.20. The number of nitrogens with zero attached hydrogens (tertiary/aromatic N) is 2. The van der Waals surface area contributed by atoms with Crippen molar-refractivity contribution in [1.82, 2.24) is 4.98 Å². The lowest BCUT2D eigenvalue weighted by molar-refractivity contribution is 0.0874. The molecule has 0 atom stereocenters. The summed E-state index contributed by atoms with van der Waals surface area (Å²) in [6.45, 7) is 6.74. The molecule has 1 aromatic heterocycles. The SMILES string of the molecule is CCN(CC(C)(C)O)c1ncccc1C(N)=S. The smallest absolute Gasteiger partial charge is 0.138 e. The van der Waals surface area contributed by atoms with Crippen molar-refractivity contribution < 1.29 is 5.11 Å². The summed E-state index contributed by atoms with van der Waals surface area (Å²) in [6, 6.07) is 3.65. The molecule has 0 radical (unpaired) electrons. The Kier molecular flexibility index (Phi) is 4.42. The second-order valence-electron chi connectivity index (χ2n) is 4.57. The third-order valence-electron chi connectivity index (χ3n) is 2.31. The maximum atomic E-state index is 9.88. The molecule has 1 aromatic rings. The second-order valence-corrected chi connectivity index (χ2v) is 5.01. The first kappa shape index (κ1) is 13.9. The predicted octanol–water partition coefficient (Wildman–Crippen LogP) is 1.31. The van der Waals surface area contributed by atoms with Crippen molar-refractivity contribution in [2.24, 2.45) is 5.73 Å². The van der Waals surface area contributed by atoms with Gasteiger partial charge in [-0.3, -0.25) is 0 Å². The topological polar surface area (TPSA) is 62.4 Å². The lowest BCUT2D eigenvalue weighted by Crippen LogP contribution is -2.40. The second kappa shape index (κ2) is 5.42. The monoisotopic (exact) mass is 253 g/mol. The van der Waals surface area contributed by atoms with E-state index in [0.717, 1.165) is 17.9 Å². The van der Waals surface area contributed by atoms with Gasteiger partial charge < -0.3 is 15.7 Å². The highest BCUT2D eigenvalue weighted by molar-refractivity contribution is 7.80. The Hall–Kier alpha value is -1.20. The van der Waals surface area contributed by atoms with Gasteiger partial charge in [-0.05, 0) is 32.9 Å². The van der Waals surface area contributed by atoms with Crippen molar-refractivity contribution in [3.63, 3.8) is 0 Å². The van der Waals surface area contributed by atoms with Crippen LogP contribution in [0.5, 0.6) is 0 Å². The molecule has 0 aliphatic heterocycles. The summed E-state index contributed by atoms with van der Waals surface area (Å²) in [6.07, 6.45) is 1.70. The number of pyridine rings is 1. The zero-order valence-electron chi connectivity index (χ0n) is 10.5. The van der Waals surface area contributed by atoms with Gasteiger partial charge in [-0.25, -0.2) is 4.98 Å². The van der Waals surface area contributed by atoms with Crippen LogP contribution in [0.3, 0.4) is 0 Å². The van der Waals surface area contributed by atoms with E-state index >= 15 is 0 Å². The van der Waals surface area contributed by atoms with Crippen molar-refractivity contribution in [2.75, 3.05) is 18.0 Å². The van der Waals surface area contributed by atoms with Crippen LogP contribution < -0.4 is 10.6 Å². The van der Waals surface area contributed by atoms with E-state index in [4.69, 9.17) is 18.0 Å². The van der Waals surface area contributed by atoms with Crippen molar-refractivity contribution in [3.8, 4) is 0 Å². The Labute approximate surface area is 107 Å². The van der Waals surface area contributed by atoms with Crippen LogP contribution in [0, 0.1) is 0 Å². The number of nitrogens with two attached hydrogens (primary N) is 1. The normalized spacial score (nSPS) is 11.3. The van der Waals surface area contributed by atoms with Gasteiger partial charge in [-0.1, -0.05) is 12.2 Å². The van der Waals surface area contributed by atoms with Crippen LogP contribution in [-0.2, 0) is 0 Å². The average Bonchev–Trinajstić information content (AvgIpc) is 2.24. The molecule has 94 valence electrons. The molecular weight excluding hydrogens is 234 g/mol. The Morgan fingerprint density at radius 3 is 2.71 bits per heavy atom. The first-order valence-electron chi connectivity index (χ1n) is 5.57. The van der Waals surface area contributed by atoms with Crippen LogP contribution in [0.1, 0.15) is 26.3 Å². The summed E-state index contributed by atoms with van der Waals surface area (Å²) in [4.78, 5) is 6.59. The average molecular weight is 253 g/mol. The van der Waals surface area contributed by atoms with E-state index in [2.05, 4.69) is 4.98 Å². The molecule has 0 aliphatic carbocycles. The number of aromatic nitrogens is 1. The van der Waals surface area contributed by atoms with Crippen molar-refractivity contribution in [2.45, 2.75) is 26.4 Å². The molecule has 0 aromatic carbocycles. The number of aliphatic hydroxyl groups is 1. The molecule has 0 saturated carbocycles. The van der Waals surface area contributed by atoms with Gasteiger partial charge in [0.25, 0.3) is 0 Å². The largest absolute Gasteiger partial charge is 0.389 e. The highest BCUT2D eigenvalue weighted by atomic mass is 32.1. The molecule has 0 amide bonds. The van der Waals surface area contributed by atoms with Crippen LogP contribution in [0.2, 0.25) is 0 Å². The summed E-state index contributed by atoms with van der Waals surface area (Å²) < 4.78 is 0. The van der Waals surface area contributed by atoms with Crippen LogP contribution >= 0.6 is 12.2 Å². The van der Waals surface area contributed by atoms with Gasteiger partial charge in [0.15, 0.2) is 0 Å². The van der Waals surface area contributed by atoms with E-state index in [1.807, 2.05) is 17.9 Å². The number of rotatable bonds is 5. The van der Waals surface area contributed by atoms with Crippen molar-refractivity contribution in [3.05, 3.63) is 23.9 Å². The standard InChI is InChI=1S/C12H19N3OS/c1-4-15(8-12(2,3)16)11-9(10(13)17)6-5-7-14-11/h5-7,16H,4,8H2,1-3H3,(H2,13,17).